The molecule has 5 heteroatoms. The predicted octanol–water partition coefficient (Wildman–Crippen LogP) is 1.99. The molecule has 0 spiro atoms. The first-order valence-electron chi connectivity index (χ1n) is 5.49. The summed E-state index contributed by atoms with van der Waals surface area (Å²) in [6.07, 6.45) is 0.525. The van der Waals surface area contributed by atoms with Crippen LogP contribution in [0.15, 0.2) is 10.8 Å². The van der Waals surface area contributed by atoms with Crippen LogP contribution in [0, 0.1) is 12.3 Å². The minimum absolute atomic E-state index is 0.0475. The molecule has 1 atom stereocenters. The van der Waals surface area contributed by atoms with Gasteiger partial charge in [-0.1, -0.05) is 0 Å². The number of hydrogen-bond donors (Lipinski definition) is 1. The van der Waals surface area contributed by atoms with E-state index < -0.39 is 11.4 Å². The molecule has 1 aromatic rings. The maximum Gasteiger partial charge on any atom is 0.311 e. The Morgan fingerprint density at radius 1 is 1.47 bits per heavy atom. The minimum Gasteiger partial charge on any atom is -0.481 e. The fourth-order valence-electron chi connectivity index (χ4n) is 2.06. The van der Waals surface area contributed by atoms with Gasteiger partial charge in [-0.2, -0.15) is 11.3 Å². The molecule has 2 rings (SSSR count). The van der Waals surface area contributed by atoms with Crippen molar-refractivity contribution in [3.63, 3.8) is 0 Å². The van der Waals surface area contributed by atoms with Gasteiger partial charge >= 0.3 is 5.97 Å². The third kappa shape index (κ3) is 2.07. The molecule has 0 aliphatic carbocycles. The van der Waals surface area contributed by atoms with E-state index in [9.17, 15) is 9.59 Å². The van der Waals surface area contributed by atoms with Crippen molar-refractivity contribution in [1.82, 2.24) is 4.90 Å². The number of carbonyl (C=O) groups excluding carboxylic acids is 1. The number of carboxylic acids is 1. The highest BCUT2D eigenvalue weighted by Gasteiger charge is 2.42. The lowest BCUT2D eigenvalue weighted by Gasteiger charge is -2.20. The molecule has 1 fully saturated rings. The molecule has 1 amide bonds. The SMILES string of the molecule is Cc1cscc1C(=O)N1CC[C@](C)(C(=O)O)C1. The Morgan fingerprint density at radius 3 is 2.65 bits per heavy atom. The summed E-state index contributed by atoms with van der Waals surface area (Å²) in [5.74, 6) is -0.872. The van der Waals surface area contributed by atoms with Crippen LogP contribution in [0.1, 0.15) is 29.3 Å². The van der Waals surface area contributed by atoms with Gasteiger partial charge in [-0.15, -0.1) is 0 Å². The topological polar surface area (TPSA) is 57.6 Å². The largest absolute Gasteiger partial charge is 0.481 e. The van der Waals surface area contributed by atoms with Crippen molar-refractivity contribution in [3.8, 4) is 0 Å². The van der Waals surface area contributed by atoms with Crippen molar-refractivity contribution in [2.75, 3.05) is 13.1 Å². The average Bonchev–Trinajstić information content (AvgIpc) is 2.85. The van der Waals surface area contributed by atoms with Crippen LogP contribution in [0.3, 0.4) is 0 Å². The molecule has 4 nitrogen and oxygen atoms in total. The first-order chi connectivity index (χ1) is 7.94. The second kappa shape index (κ2) is 4.14. The standard InChI is InChI=1S/C12H15NO3S/c1-8-5-17-6-9(8)10(14)13-4-3-12(2,7-13)11(15)16/h5-6H,3-4,7H2,1-2H3,(H,15,16)/t12-/m0/s1. The smallest absolute Gasteiger partial charge is 0.311 e. The minimum atomic E-state index is -0.824. The zero-order valence-corrected chi connectivity index (χ0v) is 10.7. The van der Waals surface area contributed by atoms with Crippen LogP contribution in [-0.2, 0) is 4.79 Å². The highest BCUT2D eigenvalue weighted by atomic mass is 32.1. The number of amides is 1. The Kier molecular flexibility index (Phi) is 2.95. The zero-order chi connectivity index (χ0) is 12.6. The molecule has 0 radical (unpaired) electrons. The lowest BCUT2D eigenvalue weighted by atomic mass is 9.90. The molecule has 17 heavy (non-hydrogen) atoms. The Hall–Kier alpha value is -1.36. The third-order valence-corrected chi connectivity index (χ3v) is 4.22. The number of hydrogen-bond acceptors (Lipinski definition) is 3. The number of rotatable bonds is 2. The van der Waals surface area contributed by atoms with Gasteiger partial charge in [-0.25, -0.2) is 0 Å². The van der Waals surface area contributed by atoms with Gasteiger partial charge in [-0.3, -0.25) is 9.59 Å². The molecular weight excluding hydrogens is 238 g/mol. The number of aliphatic carboxylic acids is 1. The van der Waals surface area contributed by atoms with E-state index in [-0.39, 0.29) is 5.91 Å². The van der Waals surface area contributed by atoms with Crippen molar-refractivity contribution < 1.29 is 14.7 Å². The summed E-state index contributed by atoms with van der Waals surface area (Å²) in [5.41, 5.74) is 0.869. The van der Waals surface area contributed by atoms with Gasteiger partial charge < -0.3 is 10.0 Å². The van der Waals surface area contributed by atoms with Crippen molar-refractivity contribution in [1.29, 1.82) is 0 Å². The second-order valence-corrected chi connectivity index (χ2v) is 5.55. The van der Waals surface area contributed by atoms with Gasteiger partial charge in [0.2, 0.25) is 0 Å². The number of thiophene rings is 1. The van der Waals surface area contributed by atoms with Crippen molar-refractivity contribution in [2.45, 2.75) is 20.3 Å². The van der Waals surface area contributed by atoms with E-state index in [0.29, 0.717) is 25.1 Å². The zero-order valence-electron chi connectivity index (χ0n) is 9.90. The second-order valence-electron chi connectivity index (χ2n) is 4.81. The molecule has 1 N–H and O–H groups in total. The van der Waals surface area contributed by atoms with E-state index in [1.165, 1.54) is 11.3 Å². The van der Waals surface area contributed by atoms with E-state index in [2.05, 4.69) is 0 Å². The molecule has 0 bridgehead atoms. The lowest BCUT2D eigenvalue weighted by molar-refractivity contribution is -0.147. The molecule has 0 unspecified atom stereocenters. The lowest BCUT2D eigenvalue weighted by Crippen LogP contribution is -2.34. The van der Waals surface area contributed by atoms with E-state index in [4.69, 9.17) is 5.11 Å². The maximum atomic E-state index is 12.2. The van der Waals surface area contributed by atoms with Crippen LogP contribution in [-0.4, -0.2) is 35.0 Å². The summed E-state index contributed by atoms with van der Waals surface area (Å²) in [6.45, 7) is 4.42. The van der Waals surface area contributed by atoms with E-state index in [0.717, 1.165) is 5.56 Å². The van der Waals surface area contributed by atoms with Gasteiger partial charge in [0.15, 0.2) is 0 Å². The highest BCUT2D eigenvalue weighted by Crippen LogP contribution is 2.31. The highest BCUT2D eigenvalue weighted by molar-refractivity contribution is 7.08. The number of carbonyl (C=O) groups is 2. The average molecular weight is 253 g/mol. The first kappa shape index (κ1) is 12.1. The summed E-state index contributed by atoms with van der Waals surface area (Å²) in [6, 6.07) is 0. The molecule has 1 aliphatic rings. The fourth-order valence-corrected chi connectivity index (χ4v) is 2.88. The molecule has 2 heterocycles. The van der Waals surface area contributed by atoms with E-state index in [1.807, 2.05) is 17.7 Å². The monoisotopic (exact) mass is 253 g/mol. The number of likely N-dealkylation sites (tertiary alicyclic amines) is 1. The summed E-state index contributed by atoms with van der Waals surface area (Å²) in [4.78, 5) is 24.9. The quantitative estimate of drug-likeness (QED) is 0.877. The predicted molar refractivity (Wildman–Crippen MR) is 65.3 cm³/mol. The molecule has 92 valence electrons. The summed E-state index contributed by atoms with van der Waals surface area (Å²) in [7, 11) is 0. The van der Waals surface area contributed by atoms with Crippen molar-refractivity contribution in [2.24, 2.45) is 5.41 Å². The van der Waals surface area contributed by atoms with Crippen LogP contribution in [0.25, 0.3) is 0 Å². The van der Waals surface area contributed by atoms with Crippen LogP contribution in [0.4, 0.5) is 0 Å². The molecule has 0 saturated carbocycles. The van der Waals surface area contributed by atoms with Crippen LogP contribution in [0.2, 0.25) is 0 Å². The van der Waals surface area contributed by atoms with Gasteiger partial charge in [0.05, 0.1) is 11.0 Å². The van der Waals surface area contributed by atoms with Crippen molar-refractivity contribution >= 4 is 23.2 Å². The molecule has 1 aromatic heterocycles. The Morgan fingerprint density at radius 2 is 2.18 bits per heavy atom. The Bertz CT molecular complexity index is 468. The molecular formula is C12H15NO3S. The van der Waals surface area contributed by atoms with Crippen LogP contribution < -0.4 is 0 Å². The number of nitrogens with zero attached hydrogens (tertiary/aromatic N) is 1. The van der Waals surface area contributed by atoms with Gasteiger partial charge in [0.25, 0.3) is 5.91 Å². The summed E-state index contributed by atoms with van der Waals surface area (Å²) in [5, 5.41) is 12.9. The summed E-state index contributed by atoms with van der Waals surface area (Å²) < 4.78 is 0. The van der Waals surface area contributed by atoms with Gasteiger partial charge in [-0.05, 0) is 31.2 Å². The van der Waals surface area contributed by atoms with Crippen molar-refractivity contribution in [3.05, 3.63) is 21.9 Å². The Balaban J connectivity index is 2.15. The normalized spacial score (nSPS) is 24.0. The van der Waals surface area contributed by atoms with E-state index >= 15 is 0 Å². The van der Waals surface area contributed by atoms with Gasteiger partial charge in [0.1, 0.15) is 0 Å². The third-order valence-electron chi connectivity index (χ3n) is 3.36. The van der Waals surface area contributed by atoms with E-state index in [1.54, 1.807) is 11.8 Å². The first-order valence-corrected chi connectivity index (χ1v) is 6.44. The Labute approximate surface area is 104 Å². The molecule has 1 saturated heterocycles. The number of aryl methyl sites for hydroxylation is 1. The maximum absolute atomic E-state index is 12.2. The van der Waals surface area contributed by atoms with Gasteiger partial charge in [0, 0.05) is 18.5 Å². The van der Waals surface area contributed by atoms with Crippen LogP contribution in [0.5, 0.6) is 0 Å². The fraction of sp³-hybridized carbons (Fsp3) is 0.500. The number of carboxylic acid groups (broad SMARTS) is 1. The molecule has 0 aromatic carbocycles. The summed E-state index contributed by atoms with van der Waals surface area (Å²) >= 11 is 1.50. The molecule has 1 aliphatic heterocycles. The van der Waals surface area contributed by atoms with Crippen LogP contribution >= 0.6 is 11.3 Å².